The molecule has 1 aromatic heterocycles. The first-order chi connectivity index (χ1) is 10.2. The van der Waals surface area contributed by atoms with Gasteiger partial charge in [-0.05, 0) is 40.8 Å². The molecular weight excluding hydrogens is 262 g/mol. The predicted molar refractivity (Wildman–Crippen MR) is 82.3 cm³/mol. The van der Waals surface area contributed by atoms with E-state index in [4.69, 9.17) is 0 Å². The lowest BCUT2D eigenvalue weighted by Gasteiger charge is -2.42. The lowest BCUT2D eigenvalue weighted by molar-refractivity contribution is 0.123. The van der Waals surface area contributed by atoms with Crippen molar-refractivity contribution in [3.8, 4) is 5.69 Å². The van der Waals surface area contributed by atoms with Gasteiger partial charge in [-0.3, -0.25) is 0 Å². The minimum absolute atomic E-state index is 0.325. The number of nitrogens with one attached hydrogen (secondary N) is 1. The summed E-state index contributed by atoms with van der Waals surface area (Å²) in [5, 5.41) is 15.9. The molecule has 0 radical (unpaired) electrons. The molecule has 2 aromatic rings. The van der Waals surface area contributed by atoms with Gasteiger partial charge in [0.05, 0.1) is 5.69 Å². The summed E-state index contributed by atoms with van der Waals surface area (Å²) in [6.45, 7) is 5.44. The van der Waals surface area contributed by atoms with Crippen LogP contribution in [-0.2, 0) is 6.42 Å². The van der Waals surface area contributed by atoms with Crippen molar-refractivity contribution < 1.29 is 0 Å². The van der Waals surface area contributed by atoms with Gasteiger partial charge in [0.2, 0.25) is 0 Å². The second kappa shape index (κ2) is 5.93. The van der Waals surface area contributed by atoms with Gasteiger partial charge < -0.3 is 5.32 Å². The summed E-state index contributed by atoms with van der Waals surface area (Å²) in [4.78, 5) is 0. The molecule has 1 aliphatic rings. The number of nitrogens with zero attached hydrogens (tertiary/aromatic N) is 4. The van der Waals surface area contributed by atoms with Crippen molar-refractivity contribution in [2.45, 2.75) is 45.6 Å². The van der Waals surface area contributed by atoms with E-state index in [2.05, 4.69) is 34.7 Å². The standard InChI is InChI=1S/C16H23N5/c1-13(2)17-12-16(9-6-10-16)11-15-18-19-20-21(15)14-7-4-3-5-8-14/h3-5,7-8,13,17H,6,9-12H2,1-2H3. The number of tetrazole rings is 1. The van der Waals surface area contributed by atoms with Gasteiger partial charge in [-0.25, -0.2) is 0 Å². The van der Waals surface area contributed by atoms with Crippen LogP contribution < -0.4 is 5.32 Å². The molecule has 1 fully saturated rings. The first-order valence-electron chi connectivity index (χ1n) is 7.75. The minimum Gasteiger partial charge on any atom is -0.314 e. The molecule has 5 heteroatoms. The van der Waals surface area contributed by atoms with Gasteiger partial charge in [0.1, 0.15) is 0 Å². The lowest BCUT2D eigenvalue weighted by Crippen LogP contribution is -2.44. The minimum atomic E-state index is 0.325. The molecule has 21 heavy (non-hydrogen) atoms. The molecule has 0 bridgehead atoms. The summed E-state index contributed by atoms with van der Waals surface area (Å²) in [6, 6.07) is 10.6. The van der Waals surface area contributed by atoms with Crippen molar-refractivity contribution in [2.75, 3.05) is 6.54 Å². The summed E-state index contributed by atoms with van der Waals surface area (Å²) in [7, 11) is 0. The zero-order chi connectivity index (χ0) is 14.7. The molecule has 112 valence electrons. The average molecular weight is 285 g/mol. The molecular formula is C16H23N5. The molecule has 0 amide bonds. The molecule has 0 aliphatic heterocycles. The van der Waals surface area contributed by atoms with E-state index in [1.807, 2.05) is 35.0 Å². The van der Waals surface area contributed by atoms with E-state index in [1.54, 1.807) is 0 Å². The lowest BCUT2D eigenvalue weighted by atomic mass is 9.66. The quantitative estimate of drug-likeness (QED) is 0.885. The number of para-hydroxylation sites is 1. The molecule has 0 atom stereocenters. The van der Waals surface area contributed by atoms with Gasteiger partial charge >= 0.3 is 0 Å². The third-order valence-corrected chi connectivity index (χ3v) is 4.37. The second-order valence-corrected chi connectivity index (χ2v) is 6.41. The van der Waals surface area contributed by atoms with Crippen LogP contribution in [0.25, 0.3) is 5.69 Å². The predicted octanol–water partition coefficient (Wildman–Crippen LogP) is 2.37. The largest absolute Gasteiger partial charge is 0.314 e. The zero-order valence-corrected chi connectivity index (χ0v) is 12.8. The summed E-state index contributed by atoms with van der Waals surface area (Å²) in [5.74, 6) is 0.964. The monoisotopic (exact) mass is 285 g/mol. The topological polar surface area (TPSA) is 55.6 Å². The zero-order valence-electron chi connectivity index (χ0n) is 12.8. The maximum absolute atomic E-state index is 4.26. The highest BCUT2D eigenvalue weighted by atomic mass is 15.5. The average Bonchev–Trinajstić information content (AvgIpc) is 2.90. The van der Waals surface area contributed by atoms with Gasteiger partial charge in [-0.1, -0.05) is 38.5 Å². The number of hydrogen-bond acceptors (Lipinski definition) is 4. The first kappa shape index (κ1) is 14.2. The van der Waals surface area contributed by atoms with Crippen molar-refractivity contribution in [1.82, 2.24) is 25.5 Å². The highest BCUT2D eigenvalue weighted by molar-refractivity contribution is 5.30. The van der Waals surface area contributed by atoms with Gasteiger partial charge in [0.15, 0.2) is 5.82 Å². The van der Waals surface area contributed by atoms with Gasteiger partial charge in [0, 0.05) is 19.0 Å². The third kappa shape index (κ3) is 3.13. The smallest absolute Gasteiger partial charge is 0.157 e. The molecule has 1 aliphatic carbocycles. The Morgan fingerprint density at radius 1 is 1.24 bits per heavy atom. The molecule has 0 unspecified atom stereocenters. The molecule has 1 heterocycles. The highest BCUT2D eigenvalue weighted by Crippen LogP contribution is 2.43. The maximum Gasteiger partial charge on any atom is 0.157 e. The highest BCUT2D eigenvalue weighted by Gasteiger charge is 2.38. The van der Waals surface area contributed by atoms with Crippen molar-refractivity contribution in [3.63, 3.8) is 0 Å². The summed E-state index contributed by atoms with van der Waals surface area (Å²) < 4.78 is 1.87. The van der Waals surface area contributed by atoms with Gasteiger partial charge in [-0.15, -0.1) is 5.10 Å². The van der Waals surface area contributed by atoms with Crippen molar-refractivity contribution in [3.05, 3.63) is 36.2 Å². The number of aromatic nitrogens is 4. The number of hydrogen-bond donors (Lipinski definition) is 1. The molecule has 5 nitrogen and oxygen atoms in total. The molecule has 1 aromatic carbocycles. The van der Waals surface area contributed by atoms with Gasteiger partial charge in [-0.2, -0.15) is 4.68 Å². The van der Waals surface area contributed by atoms with Crippen molar-refractivity contribution in [1.29, 1.82) is 0 Å². The van der Waals surface area contributed by atoms with Crippen LogP contribution in [0.1, 0.15) is 38.9 Å². The molecule has 0 spiro atoms. The van der Waals surface area contributed by atoms with E-state index in [0.29, 0.717) is 11.5 Å². The van der Waals surface area contributed by atoms with E-state index < -0.39 is 0 Å². The Morgan fingerprint density at radius 3 is 2.62 bits per heavy atom. The molecule has 0 saturated heterocycles. The fourth-order valence-corrected chi connectivity index (χ4v) is 2.93. The fraction of sp³-hybridized carbons (Fsp3) is 0.562. The van der Waals surface area contributed by atoms with Crippen LogP contribution in [0.2, 0.25) is 0 Å². The Labute approximate surface area is 125 Å². The summed E-state index contributed by atoms with van der Waals surface area (Å²) in [5.41, 5.74) is 1.36. The Bertz CT molecular complexity index is 571. The van der Waals surface area contributed by atoms with Crippen LogP contribution in [0.5, 0.6) is 0 Å². The van der Waals surface area contributed by atoms with E-state index in [-0.39, 0.29) is 0 Å². The number of rotatable bonds is 6. The molecule has 1 N–H and O–H groups in total. The van der Waals surface area contributed by atoms with Crippen LogP contribution in [-0.4, -0.2) is 32.8 Å². The Balaban J connectivity index is 1.77. The van der Waals surface area contributed by atoms with Crippen LogP contribution in [0, 0.1) is 5.41 Å². The van der Waals surface area contributed by atoms with E-state index >= 15 is 0 Å². The van der Waals surface area contributed by atoms with Crippen LogP contribution in [0.15, 0.2) is 30.3 Å². The second-order valence-electron chi connectivity index (χ2n) is 6.41. The summed E-state index contributed by atoms with van der Waals surface area (Å²) in [6.07, 6.45) is 4.77. The van der Waals surface area contributed by atoms with Crippen molar-refractivity contribution >= 4 is 0 Å². The van der Waals surface area contributed by atoms with Crippen LogP contribution in [0.4, 0.5) is 0 Å². The normalized spacial score (nSPS) is 16.9. The molecule has 3 rings (SSSR count). The summed E-state index contributed by atoms with van der Waals surface area (Å²) >= 11 is 0. The van der Waals surface area contributed by atoms with Crippen molar-refractivity contribution in [2.24, 2.45) is 5.41 Å². The van der Waals surface area contributed by atoms with E-state index in [0.717, 1.165) is 24.5 Å². The first-order valence-corrected chi connectivity index (χ1v) is 7.75. The Morgan fingerprint density at radius 2 is 2.00 bits per heavy atom. The maximum atomic E-state index is 4.26. The van der Waals surface area contributed by atoms with Gasteiger partial charge in [0.25, 0.3) is 0 Å². The number of benzene rings is 1. The molecule has 1 saturated carbocycles. The Kier molecular flexibility index (Phi) is 4.01. The van der Waals surface area contributed by atoms with E-state index in [9.17, 15) is 0 Å². The third-order valence-electron chi connectivity index (χ3n) is 4.37. The van der Waals surface area contributed by atoms with Crippen LogP contribution >= 0.6 is 0 Å². The SMILES string of the molecule is CC(C)NCC1(Cc2nnnn2-c2ccccc2)CCC1. The van der Waals surface area contributed by atoms with E-state index in [1.165, 1.54) is 19.3 Å². The Hall–Kier alpha value is -1.75. The van der Waals surface area contributed by atoms with Crippen LogP contribution in [0.3, 0.4) is 0 Å². The fourth-order valence-electron chi connectivity index (χ4n) is 2.93.